The SMILES string of the molecule is C[C@@H](O)[C@H]1O[C@@H](n2cc(F)c(=O)[nH]c2=O)C[C@@H]1O[Si](C)(C)C(C)(C)C. The van der Waals surface area contributed by atoms with E-state index in [1.807, 2.05) is 4.98 Å². The molecular formula is C16H27FN2O5Si. The Balaban J connectivity index is 2.31. The highest BCUT2D eigenvalue weighted by Gasteiger charge is 2.46. The zero-order valence-electron chi connectivity index (χ0n) is 15.5. The standard InChI is InChI=1S/C16H27FN2O5Si/c1-9(20)13-11(24-25(5,6)16(2,3)4)7-12(23-13)19-8-10(17)14(21)18-15(19)22/h8-9,11-13,20H,7H2,1-6H3,(H,18,21,22)/t9-,11+,12-,13-/m1/s1. The van der Waals surface area contributed by atoms with Crippen molar-refractivity contribution in [2.75, 3.05) is 0 Å². The van der Waals surface area contributed by atoms with E-state index in [4.69, 9.17) is 9.16 Å². The molecule has 1 aromatic heterocycles. The highest BCUT2D eigenvalue weighted by molar-refractivity contribution is 6.74. The van der Waals surface area contributed by atoms with E-state index in [9.17, 15) is 19.1 Å². The summed E-state index contributed by atoms with van der Waals surface area (Å²) < 4.78 is 26.7. The van der Waals surface area contributed by atoms with Gasteiger partial charge in [0.15, 0.2) is 8.32 Å². The molecule has 2 heterocycles. The Kier molecular flexibility index (Phi) is 5.44. The van der Waals surface area contributed by atoms with Crippen LogP contribution in [0.1, 0.15) is 40.3 Å². The summed E-state index contributed by atoms with van der Waals surface area (Å²) >= 11 is 0. The molecule has 0 bridgehead atoms. The van der Waals surface area contributed by atoms with Crippen LogP contribution in [0.5, 0.6) is 0 Å². The molecule has 0 aromatic carbocycles. The molecule has 1 fully saturated rings. The van der Waals surface area contributed by atoms with Gasteiger partial charge in [-0.25, -0.2) is 4.79 Å². The van der Waals surface area contributed by atoms with Gasteiger partial charge in [-0.3, -0.25) is 14.3 Å². The highest BCUT2D eigenvalue weighted by Crippen LogP contribution is 2.41. The molecule has 4 atom stereocenters. The molecule has 1 aliphatic heterocycles. The minimum atomic E-state index is -2.13. The van der Waals surface area contributed by atoms with Gasteiger partial charge < -0.3 is 14.3 Å². The van der Waals surface area contributed by atoms with Crippen LogP contribution in [0.4, 0.5) is 4.39 Å². The predicted molar refractivity (Wildman–Crippen MR) is 93.6 cm³/mol. The molecule has 1 saturated heterocycles. The Morgan fingerprint density at radius 2 is 2.04 bits per heavy atom. The molecule has 2 N–H and O–H groups in total. The second-order valence-corrected chi connectivity index (χ2v) is 12.8. The number of aliphatic hydroxyl groups excluding tert-OH is 1. The highest BCUT2D eigenvalue weighted by atomic mass is 28.4. The maximum Gasteiger partial charge on any atom is 0.330 e. The van der Waals surface area contributed by atoms with E-state index in [2.05, 4.69) is 33.9 Å². The normalized spacial score (nSPS) is 26.0. The Morgan fingerprint density at radius 3 is 2.56 bits per heavy atom. The van der Waals surface area contributed by atoms with Crippen molar-refractivity contribution in [2.24, 2.45) is 0 Å². The van der Waals surface area contributed by atoms with Crippen LogP contribution in [-0.4, -0.2) is 41.3 Å². The summed E-state index contributed by atoms with van der Waals surface area (Å²) in [5, 5.41) is 10.0. The van der Waals surface area contributed by atoms with Gasteiger partial charge in [0.05, 0.1) is 18.4 Å². The number of aliphatic hydroxyl groups is 1. The van der Waals surface area contributed by atoms with Gasteiger partial charge in [0.25, 0.3) is 5.56 Å². The predicted octanol–water partition coefficient (Wildman–Crippen LogP) is 1.73. The van der Waals surface area contributed by atoms with E-state index in [0.29, 0.717) is 0 Å². The molecule has 0 saturated carbocycles. The molecule has 0 amide bonds. The number of ether oxygens (including phenoxy) is 1. The summed E-state index contributed by atoms with van der Waals surface area (Å²) in [5.74, 6) is -1.06. The van der Waals surface area contributed by atoms with Crippen LogP contribution in [0.25, 0.3) is 0 Å². The van der Waals surface area contributed by atoms with Gasteiger partial charge in [-0.1, -0.05) is 20.8 Å². The number of nitrogens with one attached hydrogen (secondary N) is 1. The fourth-order valence-electron chi connectivity index (χ4n) is 2.61. The van der Waals surface area contributed by atoms with Crippen LogP contribution < -0.4 is 11.2 Å². The van der Waals surface area contributed by atoms with Gasteiger partial charge in [0.1, 0.15) is 12.3 Å². The van der Waals surface area contributed by atoms with Crippen molar-refractivity contribution in [1.82, 2.24) is 9.55 Å². The first-order chi connectivity index (χ1) is 11.3. The average molecular weight is 374 g/mol. The molecule has 142 valence electrons. The largest absolute Gasteiger partial charge is 0.411 e. The Bertz CT molecular complexity index is 737. The van der Waals surface area contributed by atoms with E-state index in [1.165, 1.54) is 0 Å². The van der Waals surface area contributed by atoms with Crippen molar-refractivity contribution in [2.45, 2.75) is 76.8 Å². The quantitative estimate of drug-likeness (QED) is 0.783. The summed E-state index contributed by atoms with van der Waals surface area (Å²) in [7, 11) is -2.13. The van der Waals surface area contributed by atoms with Crippen molar-refractivity contribution in [3.8, 4) is 0 Å². The van der Waals surface area contributed by atoms with Crippen molar-refractivity contribution in [3.05, 3.63) is 32.9 Å². The first-order valence-corrected chi connectivity index (χ1v) is 11.3. The van der Waals surface area contributed by atoms with Crippen molar-refractivity contribution < 1.29 is 18.7 Å². The van der Waals surface area contributed by atoms with E-state index < -0.39 is 49.9 Å². The van der Waals surface area contributed by atoms with E-state index in [0.717, 1.165) is 10.8 Å². The minimum Gasteiger partial charge on any atom is -0.411 e. The summed E-state index contributed by atoms with van der Waals surface area (Å²) in [6.45, 7) is 12.1. The lowest BCUT2D eigenvalue weighted by Crippen LogP contribution is -2.47. The Morgan fingerprint density at radius 1 is 1.44 bits per heavy atom. The fourth-order valence-corrected chi connectivity index (χ4v) is 3.95. The smallest absolute Gasteiger partial charge is 0.330 e. The molecule has 0 aliphatic carbocycles. The number of aromatic amines is 1. The minimum absolute atomic E-state index is 0.0325. The summed E-state index contributed by atoms with van der Waals surface area (Å²) in [6, 6.07) is 0. The summed E-state index contributed by atoms with van der Waals surface area (Å²) in [6.07, 6.45) is -1.57. The number of nitrogens with zero attached hydrogens (tertiary/aromatic N) is 1. The fraction of sp³-hybridized carbons (Fsp3) is 0.750. The number of halogens is 1. The number of hydrogen-bond donors (Lipinski definition) is 2. The first kappa shape index (κ1) is 20.0. The van der Waals surface area contributed by atoms with Gasteiger partial charge in [-0.15, -0.1) is 0 Å². The van der Waals surface area contributed by atoms with Gasteiger partial charge >= 0.3 is 5.69 Å². The van der Waals surface area contributed by atoms with Crippen LogP contribution >= 0.6 is 0 Å². The second-order valence-electron chi connectivity index (χ2n) is 8.09. The van der Waals surface area contributed by atoms with Crippen molar-refractivity contribution in [1.29, 1.82) is 0 Å². The van der Waals surface area contributed by atoms with Crippen molar-refractivity contribution in [3.63, 3.8) is 0 Å². The third-order valence-corrected chi connectivity index (χ3v) is 9.58. The van der Waals surface area contributed by atoms with E-state index in [1.54, 1.807) is 6.92 Å². The van der Waals surface area contributed by atoms with Crippen LogP contribution in [0.15, 0.2) is 15.8 Å². The molecule has 0 radical (unpaired) electrons. The van der Waals surface area contributed by atoms with Crippen LogP contribution in [-0.2, 0) is 9.16 Å². The molecular weight excluding hydrogens is 347 g/mol. The average Bonchev–Trinajstić information content (AvgIpc) is 2.84. The maximum atomic E-state index is 13.6. The molecule has 0 unspecified atom stereocenters. The van der Waals surface area contributed by atoms with Crippen molar-refractivity contribution >= 4 is 8.32 Å². The van der Waals surface area contributed by atoms with Crippen LogP contribution in [0, 0.1) is 5.82 Å². The maximum absolute atomic E-state index is 13.6. The molecule has 2 rings (SSSR count). The third-order valence-electron chi connectivity index (χ3n) is 5.08. The summed E-state index contributed by atoms with van der Waals surface area (Å²) in [4.78, 5) is 25.1. The summed E-state index contributed by atoms with van der Waals surface area (Å²) in [5.41, 5.74) is -1.82. The monoisotopic (exact) mass is 374 g/mol. The van der Waals surface area contributed by atoms with Gasteiger partial charge in [0.2, 0.25) is 5.82 Å². The Labute approximate surface area is 146 Å². The van der Waals surface area contributed by atoms with Gasteiger partial charge in [-0.2, -0.15) is 4.39 Å². The molecule has 1 aromatic rings. The molecule has 25 heavy (non-hydrogen) atoms. The zero-order chi connectivity index (χ0) is 19.2. The van der Waals surface area contributed by atoms with Crippen LogP contribution in [0.2, 0.25) is 18.1 Å². The molecule has 1 aliphatic rings. The van der Waals surface area contributed by atoms with Crippen LogP contribution in [0.3, 0.4) is 0 Å². The van der Waals surface area contributed by atoms with E-state index >= 15 is 0 Å². The second kappa shape index (κ2) is 6.79. The van der Waals surface area contributed by atoms with Gasteiger partial charge in [0, 0.05) is 6.42 Å². The lowest BCUT2D eigenvalue weighted by Gasteiger charge is -2.39. The van der Waals surface area contributed by atoms with E-state index in [-0.39, 0.29) is 11.5 Å². The number of H-pyrrole nitrogens is 1. The molecule has 0 spiro atoms. The Hall–Kier alpha value is -1.29. The molecule has 9 heteroatoms. The topological polar surface area (TPSA) is 93.5 Å². The molecule has 7 nitrogen and oxygen atoms in total. The number of aromatic nitrogens is 2. The lowest BCUT2D eigenvalue weighted by molar-refractivity contribution is -0.0752. The number of hydrogen-bond acceptors (Lipinski definition) is 5. The first-order valence-electron chi connectivity index (χ1n) is 8.36. The lowest BCUT2D eigenvalue weighted by atomic mass is 10.1. The third kappa shape index (κ3) is 4.10. The number of rotatable bonds is 4. The zero-order valence-corrected chi connectivity index (χ0v) is 16.5. The van der Waals surface area contributed by atoms with Gasteiger partial charge in [-0.05, 0) is 25.1 Å².